The molecule has 0 aromatic heterocycles. The maximum absolute atomic E-state index is 6.56. The van der Waals surface area contributed by atoms with E-state index in [1.165, 1.54) is 11.1 Å². The molecule has 0 radical (unpaired) electrons. The molecule has 2 aliphatic rings. The highest BCUT2D eigenvalue weighted by molar-refractivity contribution is 6.32. The molecule has 0 amide bonds. The smallest absolute Gasteiger partial charge is 0.137 e. The summed E-state index contributed by atoms with van der Waals surface area (Å²) in [5.41, 5.74) is 2.45. The molecule has 2 heterocycles. The highest BCUT2D eigenvalue weighted by atomic mass is 35.5. The van der Waals surface area contributed by atoms with Crippen molar-refractivity contribution >= 4 is 23.2 Å². The predicted octanol–water partition coefficient (Wildman–Crippen LogP) is 5.53. The molecule has 2 aliphatic heterocycles. The highest BCUT2D eigenvalue weighted by Gasteiger charge is 2.35. The second-order valence-corrected chi connectivity index (χ2v) is 8.55. The first-order chi connectivity index (χ1) is 14.1. The summed E-state index contributed by atoms with van der Waals surface area (Å²) in [4.78, 5) is 2.19. The SMILES string of the molecule is CC(OC1=CCN(Cc2ccccc2)C=C1Cl)C1CNCC1c1ccccc1Cl. The zero-order valence-electron chi connectivity index (χ0n) is 16.5. The van der Waals surface area contributed by atoms with Crippen molar-refractivity contribution in [3.05, 3.63) is 93.8 Å². The summed E-state index contributed by atoms with van der Waals surface area (Å²) < 4.78 is 6.33. The monoisotopic (exact) mass is 428 g/mol. The number of nitrogens with zero attached hydrogens (tertiary/aromatic N) is 1. The summed E-state index contributed by atoms with van der Waals surface area (Å²) in [6.45, 7) is 5.56. The van der Waals surface area contributed by atoms with Crippen molar-refractivity contribution in [3.63, 3.8) is 0 Å². The molecule has 4 rings (SSSR count). The lowest BCUT2D eigenvalue weighted by molar-refractivity contribution is 0.0834. The van der Waals surface area contributed by atoms with E-state index in [4.69, 9.17) is 27.9 Å². The van der Waals surface area contributed by atoms with Gasteiger partial charge in [0.15, 0.2) is 0 Å². The molecule has 1 N–H and O–H groups in total. The number of allylic oxidation sites excluding steroid dienone is 1. The molecule has 2 aromatic rings. The zero-order valence-corrected chi connectivity index (χ0v) is 18.0. The Morgan fingerprint density at radius 1 is 1.07 bits per heavy atom. The Balaban J connectivity index is 1.40. The summed E-state index contributed by atoms with van der Waals surface area (Å²) in [7, 11) is 0. The van der Waals surface area contributed by atoms with E-state index in [9.17, 15) is 0 Å². The highest BCUT2D eigenvalue weighted by Crippen LogP contribution is 2.37. The molecule has 0 saturated carbocycles. The maximum Gasteiger partial charge on any atom is 0.137 e. The molecule has 1 saturated heterocycles. The Labute approximate surface area is 183 Å². The van der Waals surface area contributed by atoms with Crippen LogP contribution in [0.15, 0.2) is 77.7 Å². The minimum absolute atomic E-state index is 0.0281. The first-order valence-electron chi connectivity index (χ1n) is 10.1. The van der Waals surface area contributed by atoms with Crippen LogP contribution < -0.4 is 5.32 Å². The van der Waals surface area contributed by atoms with Crippen molar-refractivity contribution in [2.75, 3.05) is 19.6 Å². The topological polar surface area (TPSA) is 24.5 Å². The number of nitrogens with one attached hydrogen (secondary N) is 1. The first-order valence-corrected chi connectivity index (χ1v) is 10.8. The fraction of sp³-hybridized carbons (Fsp3) is 0.333. The average Bonchev–Trinajstić information content (AvgIpc) is 3.21. The van der Waals surface area contributed by atoms with Crippen molar-refractivity contribution in [1.29, 1.82) is 0 Å². The number of benzene rings is 2. The molecule has 0 aliphatic carbocycles. The molecule has 3 unspecified atom stereocenters. The third-order valence-corrected chi connectivity index (χ3v) is 6.38. The van der Waals surface area contributed by atoms with E-state index in [0.29, 0.717) is 16.9 Å². The van der Waals surface area contributed by atoms with Crippen LogP contribution in [-0.4, -0.2) is 30.6 Å². The van der Waals surface area contributed by atoms with Crippen molar-refractivity contribution < 1.29 is 4.74 Å². The van der Waals surface area contributed by atoms with Crippen LogP contribution >= 0.6 is 23.2 Å². The molecule has 0 spiro atoms. The third-order valence-electron chi connectivity index (χ3n) is 5.75. The van der Waals surface area contributed by atoms with E-state index in [-0.39, 0.29) is 6.10 Å². The lowest BCUT2D eigenvalue weighted by Gasteiger charge is -2.30. The van der Waals surface area contributed by atoms with Gasteiger partial charge in [0.1, 0.15) is 11.9 Å². The lowest BCUT2D eigenvalue weighted by Crippen LogP contribution is -2.28. The average molecular weight is 429 g/mol. The van der Waals surface area contributed by atoms with Crippen molar-refractivity contribution in [2.24, 2.45) is 5.92 Å². The van der Waals surface area contributed by atoms with Crippen LogP contribution in [0.4, 0.5) is 0 Å². The minimum atomic E-state index is 0.0281. The van der Waals surface area contributed by atoms with Crippen LogP contribution in [0.2, 0.25) is 5.02 Å². The molecule has 29 heavy (non-hydrogen) atoms. The van der Waals surface area contributed by atoms with Gasteiger partial charge in [-0.2, -0.15) is 0 Å². The quantitative estimate of drug-likeness (QED) is 0.654. The van der Waals surface area contributed by atoms with E-state index in [1.807, 2.05) is 30.5 Å². The first kappa shape index (κ1) is 20.3. The molecule has 1 fully saturated rings. The van der Waals surface area contributed by atoms with Crippen molar-refractivity contribution in [3.8, 4) is 0 Å². The molecule has 3 nitrogen and oxygen atoms in total. The van der Waals surface area contributed by atoms with Crippen LogP contribution in [0.25, 0.3) is 0 Å². The second kappa shape index (κ2) is 9.25. The standard InChI is InChI=1S/C24H26Cl2N2O/c1-17(20-13-27-14-21(20)19-9-5-6-10-22(19)25)29-24-11-12-28(16-23(24)26)15-18-7-3-2-4-8-18/h2-11,16-17,20-21,27H,12-15H2,1H3. The predicted molar refractivity (Wildman–Crippen MR) is 120 cm³/mol. The maximum atomic E-state index is 6.56. The summed E-state index contributed by atoms with van der Waals surface area (Å²) >= 11 is 13.0. The van der Waals surface area contributed by atoms with E-state index < -0.39 is 0 Å². The van der Waals surface area contributed by atoms with Crippen molar-refractivity contribution in [2.45, 2.75) is 25.5 Å². The molecule has 3 atom stereocenters. The van der Waals surface area contributed by atoms with Gasteiger partial charge in [0, 0.05) is 49.2 Å². The number of hydrogen-bond acceptors (Lipinski definition) is 3. The van der Waals surface area contributed by atoms with Crippen molar-refractivity contribution in [1.82, 2.24) is 10.2 Å². The van der Waals surface area contributed by atoms with Gasteiger partial charge in [0.2, 0.25) is 0 Å². The fourth-order valence-corrected chi connectivity index (χ4v) is 4.74. The van der Waals surface area contributed by atoms with Gasteiger partial charge in [0.05, 0.1) is 5.03 Å². The number of rotatable bonds is 6. The summed E-state index contributed by atoms with van der Waals surface area (Å²) in [6.07, 6.45) is 4.09. The number of ether oxygens (including phenoxy) is 1. The van der Waals surface area contributed by atoms with Gasteiger partial charge in [-0.1, -0.05) is 71.7 Å². The van der Waals surface area contributed by atoms with Crippen LogP contribution in [-0.2, 0) is 11.3 Å². The number of hydrogen-bond donors (Lipinski definition) is 1. The number of halogens is 2. The Morgan fingerprint density at radius 3 is 2.59 bits per heavy atom. The Kier molecular flexibility index (Phi) is 6.49. The second-order valence-electron chi connectivity index (χ2n) is 7.73. The van der Waals surface area contributed by atoms with Crippen LogP contribution in [0, 0.1) is 5.92 Å². The summed E-state index contributed by atoms with van der Waals surface area (Å²) in [5.74, 6) is 1.44. The van der Waals surface area contributed by atoms with E-state index in [2.05, 4.69) is 53.5 Å². The molecule has 2 aromatic carbocycles. The Hall–Kier alpha value is -1.94. The fourth-order valence-electron chi connectivity index (χ4n) is 4.20. The summed E-state index contributed by atoms with van der Waals surface area (Å²) in [5, 5.41) is 4.97. The van der Waals surface area contributed by atoms with E-state index >= 15 is 0 Å². The largest absolute Gasteiger partial charge is 0.489 e. The van der Waals surface area contributed by atoms with Gasteiger partial charge in [-0.05, 0) is 30.2 Å². The summed E-state index contributed by atoms with van der Waals surface area (Å²) in [6, 6.07) is 18.5. The molecular weight excluding hydrogens is 403 g/mol. The van der Waals surface area contributed by atoms with Gasteiger partial charge in [-0.15, -0.1) is 0 Å². The Morgan fingerprint density at radius 2 is 1.83 bits per heavy atom. The third kappa shape index (κ3) is 4.80. The minimum Gasteiger partial charge on any atom is -0.489 e. The zero-order chi connectivity index (χ0) is 20.2. The van der Waals surface area contributed by atoms with Gasteiger partial charge >= 0.3 is 0 Å². The molecular formula is C24H26Cl2N2O. The molecule has 5 heteroatoms. The Bertz CT molecular complexity index is 897. The van der Waals surface area contributed by atoms with Crippen LogP contribution in [0.5, 0.6) is 0 Å². The van der Waals surface area contributed by atoms with E-state index in [0.717, 1.165) is 37.0 Å². The van der Waals surface area contributed by atoms with Crippen LogP contribution in [0.3, 0.4) is 0 Å². The normalized spacial score (nSPS) is 22.8. The molecule has 0 bridgehead atoms. The van der Waals surface area contributed by atoms with Gasteiger partial charge in [-0.3, -0.25) is 0 Å². The van der Waals surface area contributed by atoms with Gasteiger partial charge in [0.25, 0.3) is 0 Å². The van der Waals surface area contributed by atoms with Gasteiger partial charge < -0.3 is 15.0 Å². The molecule has 152 valence electrons. The van der Waals surface area contributed by atoms with Gasteiger partial charge in [-0.25, -0.2) is 0 Å². The van der Waals surface area contributed by atoms with Crippen LogP contribution in [0.1, 0.15) is 24.0 Å². The lowest BCUT2D eigenvalue weighted by atomic mass is 9.85. The van der Waals surface area contributed by atoms with E-state index in [1.54, 1.807) is 0 Å².